The third-order valence-electron chi connectivity index (χ3n) is 6.40. The monoisotopic (exact) mass is 612 g/mol. The summed E-state index contributed by atoms with van der Waals surface area (Å²) in [5.41, 5.74) is -2.40. The van der Waals surface area contributed by atoms with Crippen LogP contribution in [-0.2, 0) is 4.74 Å². The van der Waals surface area contributed by atoms with Gasteiger partial charge in [0.25, 0.3) is 12.3 Å². The Labute approximate surface area is 248 Å². The highest BCUT2D eigenvalue weighted by atomic mass is 19.3. The fraction of sp³-hybridized carbons (Fsp3) is 0.310. The highest BCUT2D eigenvalue weighted by Gasteiger charge is 2.31. The van der Waals surface area contributed by atoms with E-state index in [1.165, 1.54) is 17.2 Å². The summed E-state index contributed by atoms with van der Waals surface area (Å²) in [5, 5.41) is 15.0. The van der Waals surface area contributed by atoms with Crippen molar-refractivity contribution in [3.05, 3.63) is 71.8 Å². The van der Waals surface area contributed by atoms with Crippen molar-refractivity contribution in [3.63, 3.8) is 0 Å². The number of alkyl halides is 2. The van der Waals surface area contributed by atoms with E-state index in [0.717, 1.165) is 42.1 Å². The Morgan fingerprint density at radius 2 is 1.95 bits per heavy atom. The van der Waals surface area contributed by atoms with E-state index in [2.05, 4.69) is 20.4 Å². The SMILES string of the molecule is CC(C)(C)OC(=O)N(CC1CC1)c1cc(-c2nc(C(=O)Nc3cn(-c4ccc(C(=O)O)c(F)c4)nc3C(F)F)co2)ccn1. The molecule has 0 aliphatic heterocycles. The van der Waals surface area contributed by atoms with E-state index in [1.54, 1.807) is 32.9 Å². The van der Waals surface area contributed by atoms with Crippen LogP contribution in [0.4, 0.5) is 29.5 Å². The van der Waals surface area contributed by atoms with Crippen molar-refractivity contribution >= 4 is 29.5 Å². The number of hydrogen-bond donors (Lipinski definition) is 2. The van der Waals surface area contributed by atoms with Gasteiger partial charge in [0.1, 0.15) is 23.5 Å². The van der Waals surface area contributed by atoms with Crippen molar-refractivity contribution in [1.82, 2.24) is 19.7 Å². The van der Waals surface area contributed by atoms with Crippen LogP contribution < -0.4 is 10.2 Å². The van der Waals surface area contributed by atoms with Crippen molar-refractivity contribution in [3.8, 4) is 17.1 Å². The molecule has 3 aromatic heterocycles. The first-order valence-corrected chi connectivity index (χ1v) is 13.4. The maximum Gasteiger partial charge on any atom is 0.416 e. The number of oxazole rings is 1. The zero-order valence-electron chi connectivity index (χ0n) is 23.8. The maximum atomic E-state index is 14.2. The number of carboxylic acids is 1. The maximum absolute atomic E-state index is 14.2. The minimum atomic E-state index is -3.11. The van der Waals surface area contributed by atoms with E-state index in [-0.39, 0.29) is 23.0 Å². The standard InChI is InChI=1S/C29H27F3N6O6/c1-29(2,3)44-28(42)37(12-15-4-5-15)22-10-16(8-9-33-22)26-35-21(14-43-26)25(39)34-20-13-38(36-23(20)24(31)32)17-6-7-18(27(40)41)19(30)11-17/h6-11,13-15,24H,4-5,12H2,1-3H3,(H,34,39)(H,40,41). The van der Waals surface area contributed by atoms with E-state index in [0.29, 0.717) is 23.8 Å². The number of halogens is 3. The van der Waals surface area contributed by atoms with Crippen molar-refractivity contribution in [2.24, 2.45) is 5.92 Å². The van der Waals surface area contributed by atoms with E-state index >= 15 is 0 Å². The van der Waals surface area contributed by atoms with Gasteiger partial charge < -0.3 is 19.6 Å². The van der Waals surface area contributed by atoms with Crippen LogP contribution in [0.25, 0.3) is 17.1 Å². The molecule has 0 radical (unpaired) electrons. The van der Waals surface area contributed by atoms with Crippen LogP contribution in [0.15, 0.2) is 53.4 Å². The number of aromatic nitrogens is 4. The molecule has 2 N–H and O–H groups in total. The van der Waals surface area contributed by atoms with Gasteiger partial charge in [-0.2, -0.15) is 5.10 Å². The van der Waals surface area contributed by atoms with Gasteiger partial charge in [-0.05, 0) is 63.8 Å². The second-order valence-corrected chi connectivity index (χ2v) is 11.1. The Balaban J connectivity index is 1.36. The Kier molecular flexibility index (Phi) is 8.13. The normalized spacial score (nSPS) is 13.2. The number of carbonyl (C=O) groups is 3. The van der Waals surface area contributed by atoms with Crippen LogP contribution >= 0.6 is 0 Å². The second-order valence-electron chi connectivity index (χ2n) is 11.1. The quantitative estimate of drug-likeness (QED) is 0.228. The number of amides is 2. The molecular formula is C29H27F3N6O6. The molecule has 3 heterocycles. The first-order chi connectivity index (χ1) is 20.8. The van der Waals surface area contributed by atoms with Crippen LogP contribution in [0.3, 0.4) is 0 Å². The number of anilines is 2. The largest absolute Gasteiger partial charge is 0.478 e. The molecule has 5 rings (SSSR count). The molecule has 2 amide bonds. The van der Waals surface area contributed by atoms with E-state index in [4.69, 9.17) is 14.3 Å². The van der Waals surface area contributed by atoms with Crippen LogP contribution in [0.1, 0.15) is 66.6 Å². The fourth-order valence-corrected chi connectivity index (χ4v) is 4.13. The molecule has 4 aromatic rings. The first-order valence-electron chi connectivity index (χ1n) is 13.4. The summed E-state index contributed by atoms with van der Waals surface area (Å²) in [6, 6.07) is 6.10. The molecule has 0 atom stereocenters. The predicted molar refractivity (Wildman–Crippen MR) is 149 cm³/mol. The smallest absolute Gasteiger partial charge is 0.416 e. The molecule has 0 saturated heterocycles. The van der Waals surface area contributed by atoms with Crippen LogP contribution in [0.5, 0.6) is 0 Å². The van der Waals surface area contributed by atoms with Gasteiger partial charge in [-0.1, -0.05) is 0 Å². The number of pyridine rings is 1. The first kappa shape index (κ1) is 30.3. The lowest BCUT2D eigenvalue weighted by Gasteiger charge is -2.27. The summed E-state index contributed by atoms with van der Waals surface area (Å²) < 4.78 is 53.6. The average molecular weight is 613 g/mol. The minimum Gasteiger partial charge on any atom is -0.478 e. The number of hydrogen-bond acceptors (Lipinski definition) is 8. The Bertz CT molecular complexity index is 1730. The summed E-state index contributed by atoms with van der Waals surface area (Å²) in [6.07, 6.45) is 1.82. The van der Waals surface area contributed by atoms with Crippen LogP contribution in [-0.4, -0.2) is 55.0 Å². The zero-order chi connectivity index (χ0) is 31.8. The van der Waals surface area contributed by atoms with Gasteiger partial charge in [0, 0.05) is 24.4 Å². The van der Waals surface area contributed by atoms with Gasteiger partial charge in [0.05, 0.1) is 23.1 Å². The topological polar surface area (TPSA) is 153 Å². The minimum absolute atomic E-state index is 0.00753. The number of benzene rings is 1. The van der Waals surface area contributed by atoms with Gasteiger partial charge in [0.15, 0.2) is 11.4 Å². The van der Waals surface area contributed by atoms with E-state index in [1.807, 2.05) is 0 Å². The third kappa shape index (κ3) is 6.88. The number of nitrogens with one attached hydrogen (secondary N) is 1. The Morgan fingerprint density at radius 3 is 2.59 bits per heavy atom. The molecule has 1 aliphatic carbocycles. The molecule has 0 unspecified atom stereocenters. The van der Waals surface area contributed by atoms with E-state index < -0.39 is 47.1 Å². The fourth-order valence-electron chi connectivity index (χ4n) is 4.13. The summed E-state index contributed by atoms with van der Waals surface area (Å²) in [7, 11) is 0. The lowest BCUT2D eigenvalue weighted by molar-refractivity contribution is 0.0576. The summed E-state index contributed by atoms with van der Waals surface area (Å²) in [6.45, 7) is 5.70. The molecule has 12 nitrogen and oxygen atoms in total. The third-order valence-corrected chi connectivity index (χ3v) is 6.40. The Morgan fingerprint density at radius 1 is 1.20 bits per heavy atom. The molecule has 1 saturated carbocycles. The number of aromatic carboxylic acids is 1. The van der Waals surface area contributed by atoms with Crippen molar-refractivity contribution in [2.45, 2.75) is 45.6 Å². The van der Waals surface area contributed by atoms with E-state index in [9.17, 15) is 27.6 Å². The number of ether oxygens (including phenoxy) is 1. The van der Waals surface area contributed by atoms with Gasteiger partial charge in [-0.3, -0.25) is 9.69 Å². The molecule has 0 bridgehead atoms. The summed E-state index contributed by atoms with van der Waals surface area (Å²) in [5.74, 6) is -2.85. The van der Waals surface area contributed by atoms with Gasteiger partial charge >= 0.3 is 12.1 Å². The zero-order valence-corrected chi connectivity index (χ0v) is 23.8. The van der Waals surface area contributed by atoms with Crippen LogP contribution in [0, 0.1) is 11.7 Å². The predicted octanol–water partition coefficient (Wildman–Crippen LogP) is 6.10. The number of carboxylic acid groups (broad SMARTS) is 1. The van der Waals surface area contributed by atoms with Gasteiger partial charge in [0.2, 0.25) is 5.89 Å². The molecule has 15 heteroatoms. The van der Waals surface area contributed by atoms with Crippen LogP contribution in [0.2, 0.25) is 0 Å². The molecular weight excluding hydrogens is 585 g/mol. The average Bonchev–Trinajstić information content (AvgIpc) is 3.45. The van der Waals surface area contributed by atoms with Crippen molar-refractivity contribution in [2.75, 3.05) is 16.8 Å². The Hall–Kier alpha value is -5.21. The van der Waals surface area contributed by atoms with Gasteiger partial charge in [-0.15, -0.1) is 0 Å². The molecule has 230 valence electrons. The molecule has 0 spiro atoms. The molecule has 1 aliphatic rings. The summed E-state index contributed by atoms with van der Waals surface area (Å²) in [4.78, 5) is 46.9. The second kappa shape index (κ2) is 11.8. The van der Waals surface area contributed by atoms with Gasteiger partial charge in [-0.25, -0.2) is 37.4 Å². The highest BCUT2D eigenvalue weighted by molar-refractivity contribution is 6.03. The molecule has 44 heavy (non-hydrogen) atoms. The molecule has 1 fully saturated rings. The van der Waals surface area contributed by atoms with Crippen molar-refractivity contribution < 1.29 is 41.8 Å². The number of nitrogens with zero attached hydrogens (tertiary/aromatic N) is 5. The lowest BCUT2D eigenvalue weighted by Crippen LogP contribution is -2.38. The number of carbonyl (C=O) groups excluding carboxylic acids is 2. The highest BCUT2D eigenvalue weighted by Crippen LogP contribution is 2.33. The number of rotatable bonds is 9. The molecule has 1 aromatic carbocycles. The lowest BCUT2D eigenvalue weighted by atomic mass is 10.2. The summed E-state index contributed by atoms with van der Waals surface area (Å²) >= 11 is 0. The van der Waals surface area contributed by atoms with Crippen molar-refractivity contribution in [1.29, 1.82) is 0 Å².